The Hall–Kier alpha value is -0.900. The maximum atomic E-state index is 10.2. The van der Waals surface area contributed by atoms with Gasteiger partial charge in [-0.2, -0.15) is 0 Å². The van der Waals surface area contributed by atoms with Gasteiger partial charge in [-0.05, 0) is 45.6 Å². The molecule has 0 aliphatic carbocycles. The molecule has 1 fully saturated rings. The number of piperidine rings is 1. The van der Waals surface area contributed by atoms with Crippen molar-refractivity contribution in [1.82, 2.24) is 9.80 Å². The lowest BCUT2D eigenvalue weighted by Gasteiger charge is -2.36. The van der Waals surface area contributed by atoms with Gasteiger partial charge in [-0.25, -0.2) is 0 Å². The Balaban J connectivity index is 1.85. The molecule has 1 saturated heterocycles. The molecule has 3 nitrogen and oxygen atoms in total. The lowest BCUT2D eigenvalue weighted by molar-refractivity contribution is 0.0789. The van der Waals surface area contributed by atoms with Crippen LogP contribution in [0.3, 0.4) is 0 Å². The largest absolute Gasteiger partial charge is 0.387 e. The van der Waals surface area contributed by atoms with E-state index < -0.39 is 0 Å². The van der Waals surface area contributed by atoms with Crippen molar-refractivity contribution in [2.75, 3.05) is 33.7 Å². The fraction of sp³-hybridized carbons (Fsp3) is 0.600. The second-order valence-corrected chi connectivity index (χ2v) is 5.40. The van der Waals surface area contributed by atoms with Crippen LogP contribution in [-0.2, 0) is 0 Å². The summed E-state index contributed by atoms with van der Waals surface area (Å²) in [5.74, 6) is 0. The summed E-state index contributed by atoms with van der Waals surface area (Å²) in [5.41, 5.74) is 1.01. The molecule has 0 spiro atoms. The minimum atomic E-state index is -0.379. The molecule has 1 atom stereocenters. The molecule has 100 valence electrons. The van der Waals surface area contributed by atoms with Crippen LogP contribution in [0.25, 0.3) is 0 Å². The topological polar surface area (TPSA) is 26.7 Å². The highest BCUT2D eigenvalue weighted by Gasteiger charge is 2.22. The van der Waals surface area contributed by atoms with Gasteiger partial charge in [0.05, 0.1) is 6.10 Å². The molecule has 0 amide bonds. The average molecular weight is 248 g/mol. The molecule has 2 rings (SSSR count). The summed E-state index contributed by atoms with van der Waals surface area (Å²) in [6.45, 7) is 3.05. The molecule has 1 N–H and O–H groups in total. The van der Waals surface area contributed by atoms with E-state index in [0.29, 0.717) is 6.04 Å². The van der Waals surface area contributed by atoms with E-state index in [1.807, 2.05) is 30.3 Å². The highest BCUT2D eigenvalue weighted by atomic mass is 16.3. The third-order valence-corrected chi connectivity index (χ3v) is 3.96. The van der Waals surface area contributed by atoms with Crippen molar-refractivity contribution in [1.29, 1.82) is 0 Å². The number of aliphatic hydroxyl groups excluding tert-OH is 1. The zero-order valence-electron chi connectivity index (χ0n) is 11.4. The molecular weight excluding hydrogens is 224 g/mol. The summed E-state index contributed by atoms with van der Waals surface area (Å²) < 4.78 is 0. The van der Waals surface area contributed by atoms with Crippen LogP contribution in [-0.4, -0.2) is 54.7 Å². The number of likely N-dealkylation sites (N-methyl/N-ethyl adjacent to an activating group) is 1. The minimum absolute atomic E-state index is 0.379. The second-order valence-electron chi connectivity index (χ2n) is 5.40. The van der Waals surface area contributed by atoms with Gasteiger partial charge in [0.25, 0.3) is 0 Å². The Labute approximate surface area is 110 Å². The highest BCUT2D eigenvalue weighted by Crippen LogP contribution is 2.18. The average Bonchev–Trinajstić information content (AvgIpc) is 2.40. The summed E-state index contributed by atoms with van der Waals surface area (Å²) in [6.07, 6.45) is 2.03. The summed E-state index contributed by atoms with van der Waals surface area (Å²) >= 11 is 0. The molecule has 1 heterocycles. The van der Waals surface area contributed by atoms with Crippen molar-refractivity contribution < 1.29 is 5.11 Å². The highest BCUT2D eigenvalue weighted by molar-refractivity contribution is 5.17. The first kappa shape index (κ1) is 13.5. The number of aliphatic hydroxyl groups is 1. The smallest absolute Gasteiger partial charge is 0.0916 e. The van der Waals surface area contributed by atoms with E-state index >= 15 is 0 Å². The molecule has 0 unspecified atom stereocenters. The first-order valence-electron chi connectivity index (χ1n) is 6.78. The van der Waals surface area contributed by atoms with Crippen molar-refractivity contribution in [3.05, 3.63) is 35.9 Å². The van der Waals surface area contributed by atoms with Gasteiger partial charge in [0, 0.05) is 12.6 Å². The Kier molecular flexibility index (Phi) is 4.75. The van der Waals surface area contributed by atoms with Crippen molar-refractivity contribution in [2.45, 2.75) is 25.0 Å². The molecule has 1 aromatic carbocycles. The molecule has 0 radical (unpaired) electrons. The normalized spacial score (nSPS) is 20.2. The van der Waals surface area contributed by atoms with Gasteiger partial charge in [-0.15, -0.1) is 0 Å². The zero-order chi connectivity index (χ0) is 13.0. The lowest BCUT2D eigenvalue weighted by Crippen LogP contribution is -2.43. The molecule has 0 bridgehead atoms. The van der Waals surface area contributed by atoms with Crippen LogP contribution in [0, 0.1) is 0 Å². The summed E-state index contributed by atoms with van der Waals surface area (Å²) in [5, 5.41) is 10.2. The van der Waals surface area contributed by atoms with E-state index in [1.165, 1.54) is 12.8 Å². The Morgan fingerprint density at radius 3 is 2.50 bits per heavy atom. The van der Waals surface area contributed by atoms with Crippen LogP contribution < -0.4 is 0 Å². The quantitative estimate of drug-likeness (QED) is 0.879. The Bertz CT molecular complexity index is 347. The molecule has 18 heavy (non-hydrogen) atoms. The maximum absolute atomic E-state index is 10.2. The lowest BCUT2D eigenvalue weighted by atomic mass is 10.0. The van der Waals surface area contributed by atoms with Gasteiger partial charge in [-0.3, -0.25) is 0 Å². The van der Waals surface area contributed by atoms with E-state index in [2.05, 4.69) is 23.9 Å². The van der Waals surface area contributed by atoms with E-state index in [-0.39, 0.29) is 6.10 Å². The van der Waals surface area contributed by atoms with Crippen molar-refractivity contribution >= 4 is 0 Å². The summed E-state index contributed by atoms with van der Waals surface area (Å²) in [4.78, 5) is 4.68. The van der Waals surface area contributed by atoms with Crippen molar-refractivity contribution in [2.24, 2.45) is 0 Å². The molecule has 3 heteroatoms. The monoisotopic (exact) mass is 248 g/mol. The van der Waals surface area contributed by atoms with Crippen LogP contribution >= 0.6 is 0 Å². The number of benzene rings is 1. The standard InChI is InChI=1S/C15H24N2O/c1-16-10-8-14(9-11-16)17(2)12-15(18)13-6-4-3-5-7-13/h3-7,14-15,18H,8-12H2,1-2H3/t15-/m1/s1. The summed E-state index contributed by atoms with van der Waals surface area (Å²) in [7, 11) is 4.30. The van der Waals surface area contributed by atoms with Gasteiger partial charge in [0.1, 0.15) is 0 Å². The summed E-state index contributed by atoms with van der Waals surface area (Å²) in [6, 6.07) is 10.5. The molecule has 1 aromatic rings. The van der Waals surface area contributed by atoms with Gasteiger partial charge < -0.3 is 14.9 Å². The first-order valence-corrected chi connectivity index (χ1v) is 6.78. The number of hydrogen-bond donors (Lipinski definition) is 1. The van der Waals surface area contributed by atoms with Crippen molar-refractivity contribution in [3.63, 3.8) is 0 Å². The van der Waals surface area contributed by atoms with Gasteiger partial charge >= 0.3 is 0 Å². The van der Waals surface area contributed by atoms with Gasteiger partial charge in [0.15, 0.2) is 0 Å². The van der Waals surface area contributed by atoms with E-state index in [9.17, 15) is 5.11 Å². The predicted octanol–water partition coefficient (Wildman–Crippen LogP) is 1.75. The van der Waals surface area contributed by atoms with Crippen LogP contribution in [0.2, 0.25) is 0 Å². The van der Waals surface area contributed by atoms with Crippen LogP contribution in [0.15, 0.2) is 30.3 Å². The molecule has 1 aliphatic rings. The van der Waals surface area contributed by atoms with Crippen LogP contribution in [0.1, 0.15) is 24.5 Å². The Morgan fingerprint density at radius 2 is 1.89 bits per heavy atom. The van der Waals surface area contributed by atoms with Gasteiger partial charge in [-0.1, -0.05) is 30.3 Å². The number of rotatable bonds is 4. The van der Waals surface area contributed by atoms with E-state index in [4.69, 9.17) is 0 Å². The number of likely N-dealkylation sites (tertiary alicyclic amines) is 1. The third-order valence-electron chi connectivity index (χ3n) is 3.96. The van der Waals surface area contributed by atoms with Gasteiger partial charge in [0.2, 0.25) is 0 Å². The Morgan fingerprint density at radius 1 is 1.28 bits per heavy atom. The molecular formula is C15H24N2O. The fourth-order valence-corrected chi connectivity index (χ4v) is 2.64. The maximum Gasteiger partial charge on any atom is 0.0916 e. The fourth-order valence-electron chi connectivity index (χ4n) is 2.64. The molecule has 0 saturated carbocycles. The SMILES string of the molecule is CN1CCC(N(C)C[C@@H](O)c2ccccc2)CC1. The third kappa shape index (κ3) is 3.55. The van der Waals surface area contributed by atoms with E-state index in [0.717, 1.165) is 25.2 Å². The minimum Gasteiger partial charge on any atom is -0.387 e. The zero-order valence-corrected chi connectivity index (χ0v) is 11.4. The molecule has 0 aromatic heterocycles. The first-order chi connectivity index (χ1) is 8.66. The van der Waals surface area contributed by atoms with Crippen LogP contribution in [0.4, 0.5) is 0 Å². The van der Waals surface area contributed by atoms with E-state index in [1.54, 1.807) is 0 Å². The second kappa shape index (κ2) is 6.32. The molecule has 1 aliphatic heterocycles. The van der Waals surface area contributed by atoms with Crippen molar-refractivity contribution in [3.8, 4) is 0 Å². The predicted molar refractivity (Wildman–Crippen MR) is 74.6 cm³/mol. The number of hydrogen-bond acceptors (Lipinski definition) is 3. The number of nitrogens with zero attached hydrogens (tertiary/aromatic N) is 2. The van der Waals surface area contributed by atoms with Crippen LogP contribution in [0.5, 0.6) is 0 Å².